The van der Waals surface area contributed by atoms with E-state index < -0.39 is 11.7 Å². The van der Waals surface area contributed by atoms with E-state index in [4.69, 9.17) is 4.74 Å². The van der Waals surface area contributed by atoms with Crippen molar-refractivity contribution in [1.29, 1.82) is 0 Å². The van der Waals surface area contributed by atoms with E-state index in [9.17, 15) is 18.8 Å². The van der Waals surface area contributed by atoms with Gasteiger partial charge in [0.05, 0.1) is 24.4 Å². The highest BCUT2D eigenvalue weighted by molar-refractivity contribution is 6.41. The van der Waals surface area contributed by atoms with Crippen LogP contribution in [0.25, 0.3) is 5.52 Å². The molecule has 2 amide bonds. The maximum atomic E-state index is 13.5. The predicted molar refractivity (Wildman–Crippen MR) is 127 cm³/mol. The Labute approximate surface area is 202 Å². The number of rotatable bonds is 6. The fraction of sp³-hybridized carbons (Fsp3) is 0.360. The zero-order valence-electron chi connectivity index (χ0n) is 20.0. The van der Waals surface area contributed by atoms with Gasteiger partial charge in [0, 0.05) is 59.1 Å². The van der Waals surface area contributed by atoms with E-state index in [1.54, 1.807) is 23.1 Å². The number of nitrogens with zero attached hydrogens (tertiary/aromatic N) is 5. The molecule has 4 rings (SSSR count). The van der Waals surface area contributed by atoms with Crippen molar-refractivity contribution in [2.75, 3.05) is 47.4 Å². The lowest BCUT2D eigenvalue weighted by atomic mass is 10.2. The number of amides is 2. The molecule has 0 atom stereocenters. The van der Waals surface area contributed by atoms with Crippen LogP contribution in [0.5, 0.6) is 5.75 Å². The molecule has 35 heavy (non-hydrogen) atoms. The van der Waals surface area contributed by atoms with Gasteiger partial charge in [0.1, 0.15) is 11.6 Å². The molecule has 0 saturated carbocycles. The van der Waals surface area contributed by atoms with Crippen molar-refractivity contribution in [3.8, 4) is 5.75 Å². The minimum Gasteiger partial charge on any atom is -0.496 e. The van der Waals surface area contributed by atoms with Gasteiger partial charge in [-0.3, -0.25) is 23.7 Å². The van der Waals surface area contributed by atoms with Crippen LogP contribution in [0.2, 0.25) is 0 Å². The molecule has 0 aliphatic carbocycles. The number of carbonyl (C=O) groups is 3. The lowest BCUT2D eigenvalue weighted by Crippen LogP contribution is -2.35. The zero-order chi connectivity index (χ0) is 25.1. The second-order valence-electron chi connectivity index (χ2n) is 8.71. The summed E-state index contributed by atoms with van der Waals surface area (Å²) in [6.07, 6.45) is 3.76. The van der Waals surface area contributed by atoms with Crippen LogP contribution in [-0.2, 0) is 11.3 Å². The standard InChI is InChI=1S/C25H28FN5O4/c1-28(2)25(34)22(32)23-27-14-19-13-21(35-3)20(16-31(19)23)24(33)30-10-4-9-29(11-12-30)15-17-5-7-18(26)8-6-17/h5-8,13-14,16H,4,9-12,15H2,1-3H3. The van der Waals surface area contributed by atoms with Gasteiger partial charge >= 0.3 is 0 Å². The highest BCUT2D eigenvalue weighted by Gasteiger charge is 2.27. The van der Waals surface area contributed by atoms with E-state index in [2.05, 4.69) is 9.88 Å². The highest BCUT2D eigenvalue weighted by atomic mass is 19.1. The minimum absolute atomic E-state index is 0.0586. The number of carbonyl (C=O) groups excluding carboxylic acids is 3. The van der Waals surface area contributed by atoms with Crippen LogP contribution in [0.3, 0.4) is 0 Å². The van der Waals surface area contributed by atoms with Gasteiger partial charge in [0.2, 0.25) is 0 Å². The Morgan fingerprint density at radius 1 is 1.09 bits per heavy atom. The quantitative estimate of drug-likeness (QED) is 0.396. The third-order valence-electron chi connectivity index (χ3n) is 6.08. The summed E-state index contributed by atoms with van der Waals surface area (Å²) in [6.45, 7) is 3.23. The molecule has 0 bridgehead atoms. The monoisotopic (exact) mass is 481 g/mol. The van der Waals surface area contributed by atoms with Gasteiger partial charge < -0.3 is 14.5 Å². The number of aromatic nitrogens is 2. The molecule has 0 spiro atoms. The molecule has 1 fully saturated rings. The zero-order valence-corrected chi connectivity index (χ0v) is 20.0. The fourth-order valence-corrected chi connectivity index (χ4v) is 4.17. The number of halogens is 1. The summed E-state index contributed by atoms with van der Waals surface area (Å²) in [6, 6.07) is 8.08. The number of imidazole rings is 1. The van der Waals surface area contributed by atoms with Gasteiger partial charge in [0.15, 0.2) is 5.82 Å². The molecule has 9 nitrogen and oxygen atoms in total. The van der Waals surface area contributed by atoms with Gasteiger partial charge in [-0.2, -0.15) is 0 Å². The summed E-state index contributed by atoms with van der Waals surface area (Å²) < 4.78 is 20.1. The normalized spacial score (nSPS) is 14.6. The van der Waals surface area contributed by atoms with Gasteiger partial charge in [-0.25, -0.2) is 9.37 Å². The molecule has 0 unspecified atom stereocenters. The summed E-state index contributed by atoms with van der Waals surface area (Å²) in [5.74, 6) is -1.64. The molecule has 1 aromatic carbocycles. The average molecular weight is 482 g/mol. The second-order valence-corrected chi connectivity index (χ2v) is 8.71. The first-order valence-electron chi connectivity index (χ1n) is 11.4. The van der Waals surface area contributed by atoms with E-state index in [1.165, 1.54) is 55.0 Å². The third-order valence-corrected chi connectivity index (χ3v) is 6.08. The molecule has 184 valence electrons. The Balaban J connectivity index is 1.55. The SMILES string of the molecule is COc1cc2cnc(C(=O)C(=O)N(C)C)n2cc1C(=O)N1CCCN(Cc2ccc(F)cc2)CC1. The molecule has 2 aromatic heterocycles. The van der Waals surface area contributed by atoms with E-state index in [0.29, 0.717) is 37.4 Å². The van der Waals surface area contributed by atoms with Crippen molar-refractivity contribution < 1.29 is 23.5 Å². The number of fused-ring (bicyclic) bond motifs is 1. The predicted octanol–water partition coefficient (Wildman–Crippen LogP) is 2.10. The van der Waals surface area contributed by atoms with Crippen molar-refractivity contribution in [1.82, 2.24) is 24.1 Å². The number of benzene rings is 1. The van der Waals surface area contributed by atoms with E-state index in [1.807, 2.05) is 0 Å². The van der Waals surface area contributed by atoms with Gasteiger partial charge in [-0.15, -0.1) is 0 Å². The van der Waals surface area contributed by atoms with E-state index in [-0.39, 0.29) is 23.1 Å². The summed E-state index contributed by atoms with van der Waals surface area (Å²) in [5, 5.41) is 0. The summed E-state index contributed by atoms with van der Waals surface area (Å²) in [4.78, 5) is 47.6. The van der Waals surface area contributed by atoms with Crippen LogP contribution in [-0.4, -0.2) is 89.1 Å². The number of hydrogen-bond acceptors (Lipinski definition) is 6. The van der Waals surface area contributed by atoms with E-state index in [0.717, 1.165) is 18.5 Å². The molecule has 10 heteroatoms. The molecule has 1 aliphatic heterocycles. The molecule has 1 saturated heterocycles. The molecule has 1 aliphatic rings. The Bertz CT molecular complexity index is 1250. The number of methoxy groups -OCH3 is 1. The number of ketones is 1. The number of likely N-dealkylation sites (N-methyl/N-ethyl adjacent to an activating group) is 1. The Kier molecular flexibility index (Phi) is 7.11. The van der Waals surface area contributed by atoms with Crippen molar-refractivity contribution in [2.24, 2.45) is 0 Å². The van der Waals surface area contributed by atoms with Crippen LogP contribution < -0.4 is 4.74 Å². The van der Waals surface area contributed by atoms with Crippen molar-refractivity contribution in [2.45, 2.75) is 13.0 Å². The van der Waals surface area contributed by atoms with Crippen LogP contribution in [0.1, 0.15) is 33.0 Å². The molecule has 0 radical (unpaired) electrons. The Hall–Kier alpha value is -3.79. The molecule has 0 N–H and O–H groups in total. The number of hydrogen-bond donors (Lipinski definition) is 0. The maximum Gasteiger partial charge on any atom is 0.297 e. The van der Waals surface area contributed by atoms with Crippen molar-refractivity contribution in [3.05, 3.63) is 65.5 Å². The Morgan fingerprint density at radius 2 is 1.83 bits per heavy atom. The number of ether oxygens (including phenoxy) is 1. The second kappa shape index (κ2) is 10.2. The lowest BCUT2D eigenvalue weighted by molar-refractivity contribution is -0.124. The van der Waals surface area contributed by atoms with Gasteiger partial charge in [0.25, 0.3) is 17.6 Å². The maximum absolute atomic E-state index is 13.5. The van der Waals surface area contributed by atoms with Gasteiger partial charge in [-0.05, 0) is 24.1 Å². The highest BCUT2D eigenvalue weighted by Crippen LogP contribution is 2.24. The first kappa shape index (κ1) is 24.3. The van der Waals surface area contributed by atoms with Crippen LogP contribution in [0.4, 0.5) is 4.39 Å². The van der Waals surface area contributed by atoms with Crippen LogP contribution in [0.15, 0.2) is 42.7 Å². The first-order valence-corrected chi connectivity index (χ1v) is 11.4. The van der Waals surface area contributed by atoms with Crippen molar-refractivity contribution >= 4 is 23.1 Å². The lowest BCUT2D eigenvalue weighted by Gasteiger charge is -2.23. The number of pyridine rings is 1. The van der Waals surface area contributed by atoms with Crippen LogP contribution >= 0.6 is 0 Å². The average Bonchev–Trinajstić information content (AvgIpc) is 3.13. The summed E-state index contributed by atoms with van der Waals surface area (Å²) in [7, 11) is 4.47. The van der Waals surface area contributed by atoms with Gasteiger partial charge in [-0.1, -0.05) is 12.1 Å². The smallest absolute Gasteiger partial charge is 0.297 e. The fourth-order valence-electron chi connectivity index (χ4n) is 4.17. The molecule has 3 aromatic rings. The van der Waals surface area contributed by atoms with Crippen molar-refractivity contribution in [3.63, 3.8) is 0 Å². The number of Topliss-reactive ketones (excluding diaryl/α,β-unsaturated/α-hetero) is 1. The Morgan fingerprint density at radius 3 is 2.51 bits per heavy atom. The molecular weight excluding hydrogens is 453 g/mol. The van der Waals surface area contributed by atoms with E-state index >= 15 is 0 Å². The summed E-state index contributed by atoms with van der Waals surface area (Å²) >= 11 is 0. The summed E-state index contributed by atoms with van der Waals surface area (Å²) in [5.41, 5.74) is 1.84. The molecule has 3 heterocycles. The largest absolute Gasteiger partial charge is 0.496 e. The molecular formula is C25H28FN5O4. The third kappa shape index (κ3) is 5.17. The first-order chi connectivity index (χ1) is 16.8. The van der Waals surface area contributed by atoms with Crippen LogP contribution in [0, 0.1) is 5.82 Å². The topological polar surface area (TPSA) is 87.5 Å². The minimum atomic E-state index is -0.759.